The van der Waals surface area contributed by atoms with E-state index in [0.717, 1.165) is 12.8 Å². The summed E-state index contributed by atoms with van der Waals surface area (Å²) in [5, 5.41) is 13.1. The normalized spacial score (nSPS) is 16.9. The van der Waals surface area contributed by atoms with Gasteiger partial charge in [-0.2, -0.15) is 0 Å². The molecule has 6 heteroatoms. The van der Waals surface area contributed by atoms with Gasteiger partial charge in [0.25, 0.3) is 0 Å². The molecule has 2 rings (SSSR count). The molecular formula is C16H23FN2O3. The Morgan fingerprint density at radius 3 is 2.64 bits per heavy atom. The van der Waals surface area contributed by atoms with Gasteiger partial charge in [0, 0.05) is 13.2 Å². The molecule has 2 amide bonds. The molecule has 1 aromatic carbocycles. The number of carbonyl (C=O) groups excluding carboxylic acids is 1. The van der Waals surface area contributed by atoms with E-state index in [4.69, 9.17) is 4.74 Å². The first-order valence-corrected chi connectivity index (χ1v) is 7.51. The van der Waals surface area contributed by atoms with E-state index in [2.05, 4.69) is 5.32 Å². The van der Waals surface area contributed by atoms with Gasteiger partial charge in [-0.25, -0.2) is 9.18 Å². The van der Waals surface area contributed by atoms with Gasteiger partial charge in [0.05, 0.1) is 25.3 Å². The van der Waals surface area contributed by atoms with E-state index in [1.807, 2.05) is 6.92 Å². The number of amides is 2. The summed E-state index contributed by atoms with van der Waals surface area (Å²) < 4.78 is 17.9. The number of methoxy groups -OCH3 is 1. The Labute approximate surface area is 130 Å². The van der Waals surface area contributed by atoms with Crippen LogP contribution in [0, 0.1) is 5.82 Å². The summed E-state index contributed by atoms with van der Waals surface area (Å²) in [6.07, 6.45) is 1.06. The maximum atomic E-state index is 12.9. The predicted molar refractivity (Wildman–Crippen MR) is 81.0 cm³/mol. The average molecular weight is 310 g/mol. The summed E-state index contributed by atoms with van der Waals surface area (Å²) in [4.78, 5) is 14.0. The number of benzene rings is 1. The number of rotatable bonds is 7. The highest BCUT2D eigenvalue weighted by atomic mass is 19.1. The zero-order valence-corrected chi connectivity index (χ0v) is 13.0. The second-order valence-corrected chi connectivity index (χ2v) is 5.76. The second kappa shape index (κ2) is 7.56. The third kappa shape index (κ3) is 4.68. The minimum absolute atomic E-state index is 0.0956. The van der Waals surface area contributed by atoms with E-state index in [1.165, 1.54) is 24.3 Å². The van der Waals surface area contributed by atoms with Crippen LogP contribution in [0.4, 0.5) is 9.18 Å². The number of aliphatic hydroxyl groups excluding tert-OH is 1. The van der Waals surface area contributed by atoms with Crippen LogP contribution >= 0.6 is 0 Å². The van der Waals surface area contributed by atoms with E-state index >= 15 is 0 Å². The van der Waals surface area contributed by atoms with Gasteiger partial charge in [-0.1, -0.05) is 12.1 Å². The maximum Gasteiger partial charge on any atom is 0.318 e. The molecule has 0 spiro atoms. The van der Waals surface area contributed by atoms with Crippen molar-refractivity contribution in [1.82, 2.24) is 10.2 Å². The van der Waals surface area contributed by atoms with Gasteiger partial charge in [-0.3, -0.25) is 0 Å². The number of aliphatic hydroxyl groups is 1. The van der Waals surface area contributed by atoms with E-state index in [1.54, 1.807) is 12.0 Å². The van der Waals surface area contributed by atoms with E-state index < -0.39 is 6.10 Å². The van der Waals surface area contributed by atoms with Gasteiger partial charge in [0.2, 0.25) is 0 Å². The fourth-order valence-electron chi connectivity index (χ4n) is 2.35. The topological polar surface area (TPSA) is 61.8 Å². The molecule has 1 aliphatic carbocycles. The van der Waals surface area contributed by atoms with Crippen molar-refractivity contribution in [2.75, 3.05) is 20.3 Å². The summed E-state index contributed by atoms with van der Waals surface area (Å²) in [6, 6.07) is 5.56. The van der Waals surface area contributed by atoms with Crippen molar-refractivity contribution in [3.05, 3.63) is 35.6 Å². The highest BCUT2D eigenvalue weighted by molar-refractivity contribution is 5.75. The summed E-state index contributed by atoms with van der Waals surface area (Å²) in [5.41, 5.74) is 0.602. The van der Waals surface area contributed by atoms with Gasteiger partial charge >= 0.3 is 6.03 Å². The minimum atomic E-state index is -0.829. The zero-order chi connectivity index (χ0) is 16.1. The molecule has 0 aliphatic heterocycles. The lowest BCUT2D eigenvalue weighted by atomic mass is 10.1. The first-order chi connectivity index (χ1) is 10.5. The number of carbonyl (C=O) groups is 1. The number of hydrogen-bond donors (Lipinski definition) is 2. The van der Waals surface area contributed by atoms with Crippen molar-refractivity contribution in [1.29, 1.82) is 0 Å². The van der Waals surface area contributed by atoms with Crippen molar-refractivity contribution in [2.45, 2.75) is 38.0 Å². The molecular weight excluding hydrogens is 287 g/mol. The number of ether oxygens (including phenoxy) is 1. The Balaban J connectivity index is 1.96. The Hall–Kier alpha value is -1.66. The molecule has 0 radical (unpaired) electrons. The molecule has 1 aromatic rings. The van der Waals surface area contributed by atoms with Crippen LogP contribution in [0.25, 0.3) is 0 Å². The van der Waals surface area contributed by atoms with Crippen LogP contribution in [0.3, 0.4) is 0 Å². The fraction of sp³-hybridized carbons (Fsp3) is 0.562. The van der Waals surface area contributed by atoms with Crippen LogP contribution in [-0.4, -0.2) is 48.4 Å². The molecule has 0 bridgehead atoms. The Morgan fingerprint density at radius 2 is 2.09 bits per heavy atom. The first kappa shape index (κ1) is 16.7. The van der Waals surface area contributed by atoms with E-state index in [0.29, 0.717) is 12.2 Å². The summed E-state index contributed by atoms with van der Waals surface area (Å²) in [7, 11) is 1.58. The minimum Gasteiger partial charge on any atom is -0.387 e. The molecule has 2 atom stereocenters. The van der Waals surface area contributed by atoms with Crippen molar-refractivity contribution in [3.8, 4) is 0 Å². The number of urea groups is 1. The van der Waals surface area contributed by atoms with Gasteiger partial charge in [-0.05, 0) is 37.5 Å². The van der Waals surface area contributed by atoms with Crippen LogP contribution in [0.15, 0.2) is 24.3 Å². The molecule has 1 aliphatic rings. The SMILES string of the molecule is COCC(C)NC(=O)N(CC(O)c1ccc(F)cc1)C1CC1. The van der Waals surface area contributed by atoms with Crippen molar-refractivity contribution >= 4 is 6.03 Å². The van der Waals surface area contributed by atoms with E-state index in [9.17, 15) is 14.3 Å². The first-order valence-electron chi connectivity index (χ1n) is 7.51. The van der Waals surface area contributed by atoms with Crippen LogP contribution in [0.2, 0.25) is 0 Å². The van der Waals surface area contributed by atoms with Crippen LogP contribution in [0.1, 0.15) is 31.4 Å². The monoisotopic (exact) mass is 310 g/mol. The summed E-state index contributed by atoms with van der Waals surface area (Å²) in [5.74, 6) is -0.346. The molecule has 1 fully saturated rings. The predicted octanol–water partition coefficient (Wildman–Crippen LogP) is 2.07. The quantitative estimate of drug-likeness (QED) is 0.810. The number of hydrogen-bond acceptors (Lipinski definition) is 3. The maximum absolute atomic E-state index is 12.9. The summed E-state index contributed by atoms with van der Waals surface area (Å²) in [6.45, 7) is 2.50. The van der Waals surface area contributed by atoms with Gasteiger partial charge in [0.15, 0.2) is 0 Å². The summed E-state index contributed by atoms with van der Waals surface area (Å²) >= 11 is 0. The smallest absolute Gasteiger partial charge is 0.318 e. The molecule has 0 aromatic heterocycles. The van der Waals surface area contributed by atoms with Crippen LogP contribution in [-0.2, 0) is 4.74 Å². The lowest BCUT2D eigenvalue weighted by molar-refractivity contribution is 0.112. The molecule has 1 saturated carbocycles. The third-order valence-electron chi connectivity index (χ3n) is 3.66. The molecule has 122 valence electrons. The molecule has 5 nitrogen and oxygen atoms in total. The Morgan fingerprint density at radius 1 is 1.45 bits per heavy atom. The van der Waals surface area contributed by atoms with Crippen molar-refractivity contribution < 1.29 is 19.0 Å². The zero-order valence-electron chi connectivity index (χ0n) is 13.0. The molecule has 22 heavy (non-hydrogen) atoms. The number of nitrogens with zero attached hydrogens (tertiary/aromatic N) is 1. The van der Waals surface area contributed by atoms with Crippen LogP contribution < -0.4 is 5.32 Å². The number of nitrogens with one attached hydrogen (secondary N) is 1. The van der Waals surface area contributed by atoms with Crippen LogP contribution in [0.5, 0.6) is 0 Å². The Bertz CT molecular complexity index is 491. The highest BCUT2D eigenvalue weighted by Gasteiger charge is 2.34. The van der Waals surface area contributed by atoms with E-state index in [-0.39, 0.29) is 30.5 Å². The van der Waals surface area contributed by atoms with Crippen molar-refractivity contribution in [3.63, 3.8) is 0 Å². The standard InChI is InChI=1S/C16H23FN2O3/c1-11(10-22-2)18-16(21)19(14-7-8-14)9-15(20)12-3-5-13(17)6-4-12/h3-6,11,14-15,20H,7-10H2,1-2H3,(H,18,21). The lowest BCUT2D eigenvalue weighted by Crippen LogP contribution is -2.47. The largest absolute Gasteiger partial charge is 0.387 e. The van der Waals surface area contributed by atoms with Gasteiger partial charge < -0.3 is 20.1 Å². The highest BCUT2D eigenvalue weighted by Crippen LogP contribution is 2.29. The fourth-order valence-corrected chi connectivity index (χ4v) is 2.35. The molecule has 2 N–H and O–H groups in total. The second-order valence-electron chi connectivity index (χ2n) is 5.76. The average Bonchev–Trinajstić information content (AvgIpc) is 3.29. The van der Waals surface area contributed by atoms with Gasteiger partial charge in [0.1, 0.15) is 5.82 Å². The van der Waals surface area contributed by atoms with Gasteiger partial charge in [-0.15, -0.1) is 0 Å². The molecule has 0 saturated heterocycles. The lowest BCUT2D eigenvalue weighted by Gasteiger charge is -2.27. The molecule has 0 heterocycles. The molecule has 2 unspecified atom stereocenters. The number of halogens is 1. The van der Waals surface area contributed by atoms with Crippen molar-refractivity contribution in [2.24, 2.45) is 0 Å². The third-order valence-corrected chi connectivity index (χ3v) is 3.66. The Kier molecular flexibility index (Phi) is 5.74.